The second kappa shape index (κ2) is 8.57. The fourth-order valence-corrected chi connectivity index (χ4v) is 2.36. The molecule has 0 unspecified atom stereocenters. The zero-order valence-electron chi connectivity index (χ0n) is 13.7. The number of nitriles is 1. The molecular formula is C19H16Cl2N2O2. The molecule has 0 spiro atoms. The van der Waals surface area contributed by atoms with E-state index in [4.69, 9.17) is 27.9 Å². The van der Waals surface area contributed by atoms with Gasteiger partial charge in [-0.25, -0.2) is 0 Å². The Labute approximate surface area is 156 Å². The summed E-state index contributed by atoms with van der Waals surface area (Å²) in [5, 5.41) is 12.9. The number of hydrogen-bond acceptors (Lipinski definition) is 3. The van der Waals surface area contributed by atoms with Gasteiger partial charge in [0.25, 0.3) is 5.91 Å². The number of amides is 1. The average molecular weight is 375 g/mol. The predicted molar refractivity (Wildman–Crippen MR) is 101 cm³/mol. The number of hydrogen-bond donors (Lipinski definition) is 1. The van der Waals surface area contributed by atoms with Gasteiger partial charge in [-0.1, -0.05) is 29.3 Å². The van der Waals surface area contributed by atoms with Gasteiger partial charge in [-0.05, 0) is 61.9 Å². The van der Waals surface area contributed by atoms with Crippen LogP contribution in [0.5, 0.6) is 5.75 Å². The molecule has 0 fully saturated rings. The van der Waals surface area contributed by atoms with Crippen LogP contribution >= 0.6 is 23.2 Å². The van der Waals surface area contributed by atoms with Crippen molar-refractivity contribution in [2.24, 2.45) is 0 Å². The van der Waals surface area contributed by atoms with Crippen molar-refractivity contribution < 1.29 is 9.53 Å². The molecule has 2 aromatic rings. The molecule has 0 aliphatic carbocycles. The van der Waals surface area contributed by atoms with E-state index in [1.54, 1.807) is 42.5 Å². The molecule has 0 saturated heterocycles. The number of carbonyl (C=O) groups is 1. The van der Waals surface area contributed by atoms with Crippen molar-refractivity contribution in [3.05, 3.63) is 63.6 Å². The van der Waals surface area contributed by atoms with E-state index in [2.05, 4.69) is 5.32 Å². The minimum absolute atomic E-state index is 0.00119. The number of carbonyl (C=O) groups excluding carboxylic acids is 1. The lowest BCUT2D eigenvalue weighted by Gasteiger charge is -2.11. The van der Waals surface area contributed by atoms with Crippen molar-refractivity contribution in [2.45, 2.75) is 20.0 Å². The summed E-state index contributed by atoms with van der Waals surface area (Å²) in [6, 6.07) is 13.6. The lowest BCUT2D eigenvalue weighted by molar-refractivity contribution is -0.112. The predicted octanol–water partition coefficient (Wildman–Crippen LogP) is 5.33. The number of benzene rings is 2. The van der Waals surface area contributed by atoms with E-state index in [0.29, 0.717) is 27.0 Å². The summed E-state index contributed by atoms with van der Waals surface area (Å²) in [5.41, 5.74) is 1.14. The molecule has 0 radical (unpaired) electrons. The van der Waals surface area contributed by atoms with Gasteiger partial charge in [-0.3, -0.25) is 4.79 Å². The monoisotopic (exact) mass is 374 g/mol. The highest BCUT2D eigenvalue weighted by atomic mass is 35.5. The Morgan fingerprint density at radius 3 is 2.44 bits per heavy atom. The van der Waals surface area contributed by atoms with Gasteiger partial charge in [0.2, 0.25) is 0 Å². The quantitative estimate of drug-likeness (QED) is 0.568. The molecule has 0 bridgehead atoms. The van der Waals surface area contributed by atoms with Gasteiger partial charge in [0, 0.05) is 10.7 Å². The molecule has 25 heavy (non-hydrogen) atoms. The molecule has 0 heterocycles. The van der Waals surface area contributed by atoms with Crippen molar-refractivity contribution in [1.82, 2.24) is 0 Å². The summed E-state index contributed by atoms with van der Waals surface area (Å²) >= 11 is 12.0. The highest BCUT2D eigenvalue weighted by Crippen LogP contribution is 2.27. The van der Waals surface area contributed by atoms with Crippen molar-refractivity contribution >= 4 is 40.9 Å². The van der Waals surface area contributed by atoms with Gasteiger partial charge in [0.15, 0.2) is 0 Å². The van der Waals surface area contributed by atoms with Crippen molar-refractivity contribution in [2.75, 3.05) is 5.32 Å². The summed E-state index contributed by atoms with van der Waals surface area (Å²) in [4.78, 5) is 12.2. The fourth-order valence-electron chi connectivity index (χ4n) is 2.00. The fraction of sp³-hybridized carbons (Fsp3) is 0.158. The Bertz CT molecular complexity index is 837. The second-order valence-corrected chi connectivity index (χ2v) is 6.33. The van der Waals surface area contributed by atoms with Crippen LogP contribution in [-0.4, -0.2) is 12.0 Å². The van der Waals surface area contributed by atoms with Gasteiger partial charge < -0.3 is 10.1 Å². The maximum absolute atomic E-state index is 12.2. The number of halogens is 2. The van der Waals surface area contributed by atoms with E-state index in [0.717, 1.165) is 0 Å². The summed E-state index contributed by atoms with van der Waals surface area (Å²) in [5.74, 6) is 0.0430. The van der Waals surface area contributed by atoms with Crippen LogP contribution in [0, 0.1) is 11.3 Å². The molecule has 0 aromatic heterocycles. The Morgan fingerprint density at radius 2 is 1.88 bits per heavy atom. The van der Waals surface area contributed by atoms with E-state index < -0.39 is 5.91 Å². The molecule has 1 N–H and O–H groups in total. The first kappa shape index (κ1) is 18.9. The Hall–Kier alpha value is -2.48. The van der Waals surface area contributed by atoms with Crippen LogP contribution in [0.25, 0.3) is 6.08 Å². The highest BCUT2D eigenvalue weighted by molar-refractivity contribution is 6.32. The van der Waals surface area contributed by atoms with Crippen LogP contribution in [0.1, 0.15) is 19.4 Å². The number of rotatable bonds is 5. The zero-order valence-corrected chi connectivity index (χ0v) is 15.2. The number of nitrogens with one attached hydrogen (secondary N) is 1. The first-order valence-electron chi connectivity index (χ1n) is 7.54. The smallest absolute Gasteiger partial charge is 0.266 e. The lowest BCUT2D eigenvalue weighted by Crippen LogP contribution is -2.13. The lowest BCUT2D eigenvalue weighted by atomic mass is 10.1. The van der Waals surface area contributed by atoms with Crippen LogP contribution < -0.4 is 10.1 Å². The van der Waals surface area contributed by atoms with Crippen molar-refractivity contribution in [3.8, 4) is 11.8 Å². The summed E-state index contributed by atoms with van der Waals surface area (Å²) in [6.07, 6.45) is 1.47. The Kier molecular flexibility index (Phi) is 6.46. The van der Waals surface area contributed by atoms with Crippen LogP contribution in [0.4, 0.5) is 5.69 Å². The van der Waals surface area contributed by atoms with E-state index in [9.17, 15) is 10.1 Å². The molecule has 0 atom stereocenters. The van der Waals surface area contributed by atoms with E-state index in [-0.39, 0.29) is 11.7 Å². The minimum atomic E-state index is -0.511. The molecule has 4 nitrogen and oxygen atoms in total. The normalized spacial score (nSPS) is 11.1. The Balaban J connectivity index is 2.19. The standard InChI is InChI=1S/C19H16Cl2N2O2/c1-12(2)25-18-8-3-13(10-17(18)21)9-14(11-22)19(24)23-16-6-4-15(20)5-7-16/h3-10,12H,1-2H3,(H,23,24)/b14-9+. The molecule has 0 aliphatic rings. The van der Waals surface area contributed by atoms with Crippen LogP contribution in [-0.2, 0) is 4.79 Å². The largest absolute Gasteiger partial charge is 0.489 e. The maximum atomic E-state index is 12.2. The van der Waals surface area contributed by atoms with Crippen LogP contribution in [0.15, 0.2) is 48.0 Å². The summed E-state index contributed by atoms with van der Waals surface area (Å²) in [6.45, 7) is 3.80. The van der Waals surface area contributed by atoms with Crippen LogP contribution in [0.2, 0.25) is 10.0 Å². The number of ether oxygens (including phenoxy) is 1. The highest BCUT2D eigenvalue weighted by Gasteiger charge is 2.11. The molecule has 2 rings (SSSR count). The van der Waals surface area contributed by atoms with Gasteiger partial charge in [-0.2, -0.15) is 5.26 Å². The average Bonchev–Trinajstić information content (AvgIpc) is 2.56. The van der Waals surface area contributed by atoms with Crippen molar-refractivity contribution in [3.63, 3.8) is 0 Å². The Morgan fingerprint density at radius 1 is 1.20 bits per heavy atom. The third-order valence-electron chi connectivity index (χ3n) is 3.10. The molecule has 0 saturated carbocycles. The first-order valence-corrected chi connectivity index (χ1v) is 8.29. The molecule has 1 amide bonds. The third kappa shape index (κ3) is 5.53. The zero-order chi connectivity index (χ0) is 18.4. The van der Waals surface area contributed by atoms with E-state index >= 15 is 0 Å². The van der Waals surface area contributed by atoms with E-state index in [1.807, 2.05) is 19.9 Å². The maximum Gasteiger partial charge on any atom is 0.266 e. The molecule has 2 aromatic carbocycles. The van der Waals surface area contributed by atoms with Gasteiger partial charge in [0.05, 0.1) is 11.1 Å². The number of anilines is 1. The summed E-state index contributed by atoms with van der Waals surface area (Å²) in [7, 11) is 0. The van der Waals surface area contributed by atoms with Crippen LogP contribution in [0.3, 0.4) is 0 Å². The molecule has 6 heteroatoms. The molecule has 0 aliphatic heterocycles. The molecule has 128 valence electrons. The van der Waals surface area contributed by atoms with E-state index in [1.165, 1.54) is 6.08 Å². The third-order valence-corrected chi connectivity index (χ3v) is 3.64. The second-order valence-electron chi connectivity index (χ2n) is 5.49. The summed E-state index contributed by atoms with van der Waals surface area (Å²) < 4.78 is 5.56. The van der Waals surface area contributed by atoms with Gasteiger partial charge in [-0.15, -0.1) is 0 Å². The topological polar surface area (TPSA) is 62.1 Å². The SMILES string of the molecule is CC(C)Oc1ccc(/C=C(\C#N)C(=O)Nc2ccc(Cl)cc2)cc1Cl. The first-order chi connectivity index (χ1) is 11.9. The number of nitrogens with zero attached hydrogens (tertiary/aromatic N) is 1. The molecular weight excluding hydrogens is 359 g/mol. The minimum Gasteiger partial charge on any atom is -0.489 e. The van der Waals surface area contributed by atoms with Gasteiger partial charge in [0.1, 0.15) is 17.4 Å². The van der Waals surface area contributed by atoms with Crippen molar-refractivity contribution in [1.29, 1.82) is 5.26 Å². The van der Waals surface area contributed by atoms with Gasteiger partial charge >= 0.3 is 0 Å².